The molecule has 1 aliphatic carbocycles. The molecule has 7 N–H and O–H groups in total. The minimum atomic E-state index is -1.22. The number of aromatic nitrogens is 8. The normalized spacial score (nSPS) is 21.0. The number of rotatable bonds is 12. The Morgan fingerprint density at radius 3 is 2.38 bits per heavy atom. The number of fused-ring (bicyclic) bond motifs is 1. The molecule has 55 heavy (non-hydrogen) atoms. The number of anilines is 2. The van der Waals surface area contributed by atoms with Crippen molar-refractivity contribution in [3.05, 3.63) is 114 Å². The van der Waals surface area contributed by atoms with Crippen molar-refractivity contribution >= 4 is 29.0 Å². The van der Waals surface area contributed by atoms with Gasteiger partial charge in [-0.15, -0.1) is 10.2 Å². The fourth-order valence-electron chi connectivity index (χ4n) is 7.50. The Morgan fingerprint density at radius 2 is 1.67 bits per heavy atom. The topological polar surface area (TPSA) is 225 Å². The molecule has 6 aromatic rings. The van der Waals surface area contributed by atoms with Crippen LogP contribution in [0.5, 0.6) is 5.75 Å². The van der Waals surface area contributed by atoms with Crippen LogP contribution in [0.2, 0.25) is 0 Å². The number of hydrogen-bond donors (Lipinski definition) is 7. The van der Waals surface area contributed by atoms with Crippen molar-refractivity contribution in [1.82, 2.24) is 50.4 Å². The maximum Gasteiger partial charge on any atom is 0.315 e. The Labute approximate surface area is 315 Å². The van der Waals surface area contributed by atoms with Crippen molar-refractivity contribution in [1.29, 1.82) is 0 Å². The number of carbonyl (C=O) groups is 1. The molecule has 1 aliphatic heterocycles. The van der Waals surface area contributed by atoms with Crippen LogP contribution in [-0.2, 0) is 13.2 Å². The van der Waals surface area contributed by atoms with Gasteiger partial charge >= 0.3 is 6.03 Å². The first-order valence-corrected chi connectivity index (χ1v) is 18.3. The highest BCUT2D eigenvalue weighted by Crippen LogP contribution is 2.40. The van der Waals surface area contributed by atoms with E-state index in [0.717, 1.165) is 16.7 Å². The molecule has 284 valence electrons. The molecule has 0 radical (unpaired) electrons. The summed E-state index contributed by atoms with van der Waals surface area (Å²) in [6.45, 7) is 1.38. The van der Waals surface area contributed by atoms with Crippen LogP contribution in [0.4, 0.5) is 16.6 Å². The summed E-state index contributed by atoms with van der Waals surface area (Å²) in [5.74, 6) is 1.17. The van der Waals surface area contributed by atoms with Crippen LogP contribution >= 0.6 is 0 Å². The van der Waals surface area contributed by atoms with E-state index in [0.29, 0.717) is 49.0 Å². The quantitative estimate of drug-likeness (QED) is 0.0956. The second kappa shape index (κ2) is 15.7. The first kappa shape index (κ1) is 35.8. The standard InChI is InChI=1S/C38H42N12O5/c51-21-31-45-47-50(46-31)30-17-29(33(53)34(30)54)49-22-41-32-35(39-19-28(24-9-3-1-4-10-24)25-11-5-2-6-12-25)43-37(44-36(32)49)48-15-14-26(20-48)42-38(55)40-18-23-8-7-13-27(52)16-23/h1-13,16,22,26,28-30,33-34,51-54H,14-15,17-21H2,(H,39,43,44)(H2,40,42,55)/t26-,29-,30+,33+,34-/m1/s1. The summed E-state index contributed by atoms with van der Waals surface area (Å²) in [5.41, 5.74) is 4.00. The van der Waals surface area contributed by atoms with Gasteiger partial charge in [-0.3, -0.25) is 0 Å². The highest BCUT2D eigenvalue weighted by molar-refractivity contribution is 5.84. The second-order valence-corrected chi connectivity index (χ2v) is 13.9. The molecule has 5 atom stereocenters. The zero-order valence-corrected chi connectivity index (χ0v) is 29.8. The lowest BCUT2D eigenvalue weighted by molar-refractivity contribution is 0.00469. The smallest absolute Gasteiger partial charge is 0.315 e. The van der Waals surface area contributed by atoms with Gasteiger partial charge in [-0.1, -0.05) is 72.8 Å². The molecule has 0 spiro atoms. The zero-order valence-electron chi connectivity index (χ0n) is 29.8. The maximum atomic E-state index is 12.8. The van der Waals surface area contributed by atoms with E-state index in [1.54, 1.807) is 29.1 Å². The summed E-state index contributed by atoms with van der Waals surface area (Å²) >= 11 is 0. The summed E-state index contributed by atoms with van der Waals surface area (Å²) in [5, 5.41) is 63.1. The third kappa shape index (κ3) is 7.62. The third-order valence-corrected chi connectivity index (χ3v) is 10.3. The number of phenols is 1. The number of nitrogens with one attached hydrogen (secondary N) is 3. The van der Waals surface area contributed by atoms with Gasteiger partial charge in [0, 0.05) is 38.1 Å². The Kier molecular flexibility index (Phi) is 10.2. The molecule has 8 rings (SSSR count). The van der Waals surface area contributed by atoms with Crippen molar-refractivity contribution in [2.24, 2.45) is 0 Å². The van der Waals surface area contributed by atoms with Crippen molar-refractivity contribution in [3.63, 3.8) is 0 Å². The predicted molar refractivity (Wildman–Crippen MR) is 201 cm³/mol. The monoisotopic (exact) mass is 746 g/mol. The number of tetrazole rings is 1. The lowest BCUT2D eigenvalue weighted by Gasteiger charge is -2.22. The summed E-state index contributed by atoms with van der Waals surface area (Å²) in [6, 6.07) is 25.3. The van der Waals surface area contributed by atoms with Gasteiger partial charge in [0.15, 0.2) is 22.8 Å². The van der Waals surface area contributed by atoms with Gasteiger partial charge in [0.2, 0.25) is 5.95 Å². The van der Waals surface area contributed by atoms with Gasteiger partial charge in [-0.05, 0) is 46.9 Å². The van der Waals surface area contributed by atoms with Crippen LogP contribution in [0, 0.1) is 0 Å². The largest absolute Gasteiger partial charge is 0.508 e. The van der Waals surface area contributed by atoms with Crippen LogP contribution < -0.4 is 20.9 Å². The number of aliphatic hydroxyl groups is 3. The number of aromatic hydroxyl groups is 1. The molecule has 3 aromatic carbocycles. The van der Waals surface area contributed by atoms with Crippen LogP contribution in [0.15, 0.2) is 91.3 Å². The fraction of sp³-hybridized carbons (Fsp3) is 0.342. The molecule has 2 amide bonds. The first-order chi connectivity index (χ1) is 26.8. The van der Waals surface area contributed by atoms with Crippen molar-refractivity contribution in [2.45, 2.75) is 62.2 Å². The average Bonchev–Trinajstić information content (AvgIpc) is 4.02. The van der Waals surface area contributed by atoms with E-state index in [4.69, 9.17) is 15.0 Å². The van der Waals surface area contributed by atoms with Gasteiger partial charge in [0.1, 0.15) is 30.6 Å². The molecular weight excluding hydrogens is 704 g/mol. The molecule has 4 heterocycles. The van der Waals surface area contributed by atoms with Crippen molar-refractivity contribution < 1.29 is 25.2 Å². The van der Waals surface area contributed by atoms with Crippen molar-refractivity contribution in [3.8, 4) is 5.75 Å². The van der Waals surface area contributed by atoms with Crippen LogP contribution in [0.25, 0.3) is 11.2 Å². The molecular formula is C38H42N12O5. The molecule has 2 fully saturated rings. The summed E-state index contributed by atoms with van der Waals surface area (Å²) in [6.07, 6.45) is 0.0728. The second-order valence-electron chi connectivity index (χ2n) is 13.9. The number of imidazole rings is 1. The number of phenolic OH excluding ortho intramolecular Hbond substituents is 1. The number of aliphatic hydroxyl groups excluding tert-OH is 3. The Morgan fingerprint density at radius 1 is 0.927 bits per heavy atom. The molecule has 0 bridgehead atoms. The van der Waals surface area contributed by atoms with Gasteiger partial charge in [0.05, 0.1) is 12.4 Å². The van der Waals surface area contributed by atoms with E-state index in [2.05, 4.69) is 55.6 Å². The van der Waals surface area contributed by atoms with Crippen LogP contribution in [-0.4, -0.2) is 104 Å². The predicted octanol–water partition coefficient (Wildman–Crippen LogP) is 2.24. The summed E-state index contributed by atoms with van der Waals surface area (Å²) < 4.78 is 1.76. The van der Waals surface area contributed by atoms with E-state index in [9.17, 15) is 25.2 Å². The zero-order chi connectivity index (χ0) is 37.9. The number of carbonyl (C=O) groups excluding carboxylic acids is 1. The number of nitrogens with zero attached hydrogens (tertiary/aromatic N) is 9. The molecule has 0 unspecified atom stereocenters. The maximum absolute atomic E-state index is 12.8. The van der Waals surface area contributed by atoms with Crippen LogP contribution in [0.1, 0.15) is 53.4 Å². The molecule has 3 aromatic heterocycles. The molecule has 17 nitrogen and oxygen atoms in total. The number of benzene rings is 3. The average molecular weight is 747 g/mol. The number of amides is 2. The SMILES string of the molecule is O=C(NCc1cccc(O)c1)N[C@@H]1CCN(c2nc(NCC(c3ccccc3)c3ccccc3)c3ncn([C@@H]4C[C@H](n5nnc(CO)n5)[C@@H](O)[C@H]4O)c3n2)C1. The van der Waals surface area contributed by atoms with E-state index in [1.165, 1.54) is 4.80 Å². The summed E-state index contributed by atoms with van der Waals surface area (Å²) in [4.78, 5) is 30.8. The minimum absolute atomic E-state index is 0.0109. The van der Waals surface area contributed by atoms with Gasteiger partial charge in [-0.2, -0.15) is 14.8 Å². The minimum Gasteiger partial charge on any atom is -0.508 e. The van der Waals surface area contributed by atoms with E-state index < -0.39 is 30.9 Å². The Hall–Kier alpha value is -6.17. The van der Waals surface area contributed by atoms with E-state index in [1.807, 2.05) is 47.4 Å². The number of urea groups is 1. The Balaban J connectivity index is 1.07. The fourth-order valence-corrected chi connectivity index (χ4v) is 7.50. The molecule has 1 saturated carbocycles. The first-order valence-electron chi connectivity index (χ1n) is 18.3. The van der Waals surface area contributed by atoms with Gasteiger partial charge in [-0.25, -0.2) is 9.78 Å². The van der Waals surface area contributed by atoms with Gasteiger partial charge < -0.3 is 45.8 Å². The molecule has 1 saturated heterocycles. The van der Waals surface area contributed by atoms with E-state index >= 15 is 0 Å². The van der Waals surface area contributed by atoms with Crippen LogP contribution in [0.3, 0.4) is 0 Å². The molecule has 17 heteroatoms. The summed E-state index contributed by atoms with van der Waals surface area (Å²) in [7, 11) is 0. The third-order valence-electron chi connectivity index (χ3n) is 10.3. The lowest BCUT2D eigenvalue weighted by atomic mass is 9.91. The molecule has 2 aliphatic rings. The number of hydrogen-bond acceptors (Lipinski definition) is 13. The lowest BCUT2D eigenvalue weighted by Crippen LogP contribution is -2.43. The van der Waals surface area contributed by atoms with E-state index in [-0.39, 0.29) is 42.5 Å². The Bertz CT molecular complexity index is 2200. The highest BCUT2D eigenvalue weighted by atomic mass is 16.3. The highest BCUT2D eigenvalue weighted by Gasteiger charge is 2.45. The van der Waals surface area contributed by atoms with Gasteiger partial charge in [0.25, 0.3) is 0 Å². The van der Waals surface area contributed by atoms with Crippen molar-refractivity contribution in [2.75, 3.05) is 29.9 Å².